The minimum absolute atomic E-state index is 0.187. The molecule has 1 aliphatic rings. The molecular formula is C23H30O6. The number of rotatable bonds is 12. The van der Waals surface area contributed by atoms with Gasteiger partial charge in [0.2, 0.25) is 6.79 Å². The largest absolute Gasteiger partial charge is 0.516 e. The number of benzene rings is 1. The molecule has 0 spiro atoms. The van der Waals surface area contributed by atoms with Crippen molar-refractivity contribution in [2.24, 2.45) is 0 Å². The molecule has 0 N–H and O–H groups in total. The average Bonchev–Trinajstić information content (AvgIpc) is 3.16. The van der Waals surface area contributed by atoms with E-state index in [1.165, 1.54) is 31.8 Å². The van der Waals surface area contributed by atoms with E-state index < -0.39 is 12.1 Å². The Morgan fingerprint density at radius 1 is 0.966 bits per heavy atom. The predicted molar refractivity (Wildman–Crippen MR) is 111 cm³/mol. The molecule has 6 nitrogen and oxygen atoms in total. The molecule has 1 heterocycles. The van der Waals surface area contributed by atoms with Gasteiger partial charge in [0.1, 0.15) is 0 Å². The molecule has 0 amide bonds. The van der Waals surface area contributed by atoms with Crippen LogP contribution >= 0.6 is 0 Å². The van der Waals surface area contributed by atoms with Crippen LogP contribution in [0.4, 0.5) is 4.79 Å². The van der Waals surface area contributed by atoms with Crippen molar-refractivity contribution in [1.29, 1.82) is 0 Å². The first-order valence-corrected chi connectivity index (χ1v) is 10.3. The maximum atomic E-state index is 11.3. The number of ether oxygens (including phenoxy) is 4. The summed E-state index contributed by atoms with van der Waals surface area (Å²) in [5, 5.41) is 0. The normalized spacial score (nSPS) is 12.6. The Hall–Kier alpha value is -2.76. The molecule has 0 radical (unpaired) electrons. The van der Waals surface area contributed by atoms with E-state index in [9.17, 15) is 9.59 Å². The van der Waals surface area contributed by atoms with Crippen LogP contribution in [-0.2, 0) is 14.3 Å². The second-order valence-electron chi connectivity index (χ2n) is 6.72. The second kappa shape index (κ2) is 13.4. The van der Waals surface area contributed by atoms with Crippen molar-refractivity contribution in [3.63, 3.8) is 0 Å². The second-order valence-corrected chi connectivity index (χ2v) is 6.72. The topological polar surface area (TPSA) is 71.1 Å². The Morgan fingerprint density at radius 2 is 1.66 bits per heavy atom. The molecule has 1 aliphatic heterocycles. The lowest BCUT2D eigenvalue weighted by molar-refractivity contribution is -0.134. The van der Waals surface area contributed by atoms with Crippen LogP contribution in [0.3, 0.4) is 0 Å². The molecule has 0 aromatic heterocycles. The van der Waals surface area contributed by atoms with Gasteiger partial charge in [0.05, 0.1) is 6.61 Å². The third kappa shape index (κ3) is 9.32. The summed E-state index contributed by atoms with van der Waals surface area (Å²) in [5.74, 6) is 0.949. The van der Waals surface area contributed by atoms with Crippen LogP contribution in [0.5, 0.6) is 11.5 Å². The number of carbonyl (C=O) groups excluding carboxylic acids is 2. The van der Waals surface area contributed by atoms with Crippen molar-refractivity contribution in [3.8, 4) is 11.5 Å². The Kier molecular flexibility index (Phi) is 10.4. The molecule has 2 rings (SSSR count). The summed E-state index contributed by atoms with van der Waals surface area (Å²) in [6.07, 6.45) is 15.2. The van der Waals surface area contributed by atoms with Crippen molar-refractivity contribution in [3.05, 3.63) is 42.0 Å². The van der Waals surface area contributed by atoms with Gasteiger partial charge in [-0.1, -0.05) is 50.0 Å². The van der Waals surface area contributed by atoms with Gasteiger partial charge in [-0.25, -0.2) is 9.59 Å². The summed E-state index contributed by atoms with van der Waals surface area (Å²) >= 11 is 0. The van der Waals surface area contributed by atoms with Gasteiger partial charge < -0.3 is 18.9 Å². The van der Waals surface area contributed by atoms with Gasteiger partial charge in [-0.05, 0) is 50.3 Å². The van der Waals surface area contributed by atoms with E-state index in [-0.39, 0.29) is 6.61 Å². The molecule has 0 saturated heterocycles. The molecule has 0 unspecified atom stereocenters. The van der Waals surface area contributed by atoms with E-state index in [1.54, 1.807) is 13.0 Å². The zero-order chi connectivity index (χ0) is 20.7. The van der Waals surface area contributed by atoms with Crippen LogP contribution in [0.1, 0.15) is 63.9 Å². The number of unbranched alkanes of at least 4 members (excludes halogenated alkanes) is 7. The van der Waals surface area contributed by atoms with E-state index >= 15 is 0 Å². The van der Waals surface area contributed by atoms with Crippen LogP contribution in [0.2, 0.25) is 0 Å². The first-order valence-electron chi connectivity index (χ1n) is 10.3. The summed E-state index contributed by atoms with van der Waals surface area (Å²) in [4.78, 5) is 22.3. The highest BCUT2D eigenvalue weighted by Gasteiger charge is 2.12. The lowest BCUT2D eigenvalue weighted by atomic mass is 10.1. The van der Waals surface area contributed by atoms with E-state index in [0.717, 1.165) is 42.7 Å². The van der Waals surface area contributed by atoms with Crippen LogP contribution in [0, 0.1) is 0 Å². The summed E-state index contributed by atoms with van der Waals surface area (Å²) in [6, 6.07) is 5.99. The van der Waals surface area contributed by atoms with Crippen molar-refractivity contribution < 1.29 is 28.5 Å². The summed E-state index contributed by atoms with van der Waals surface area (Å²) < 4.78 is 19.6. The molecule has 0 saturated carbocycles. The average molecular weight is 402 g/mol. The number of carbonyl (C=O) groups is 2. The summed E-state index contributed by atoms with van der Waals surface area (Å²) in [5.41, 5.74) is 1.13. The SMILES string of the molecule is CCOC(=O)OC(=O)/C=C/CCCCCCCC/C=C/c1ccc2c(c1)OCO2. The fraction of sp³-hybridized carbons (Fsp3) is 0.478. The number of esters is 1. The fourth-order valence-corrected chi connectivity index (χ4v) is 2.91. The first kappa shape index (κ1) is 22.5. The molecule has 1 aromatic carbocycles. The van der Waals surface area contributed by atoms with Gasteiger partial charge in [-0.15, -0.1) is 0 Å². The van der Waals surface area contributed by atoms with E-state index in [0.29, 0.717) is 6.79 Å². The number of fused-ring (bicyclic) bond motifs is 1. The minimum Gasteiger partial charge on any atom is -0.454 e. The Balaban J connectivity index is 1.43. The van der Waals surface area contributed by atoms with E-state index in [2.05, 4.69) is 21.6 Å². The van der Waals surface area contributed by atoms with E-state index in [1.807, 2.05) is 18.2 Å². The number of allylic oxidation sites excluding steroid dienone is 2. The van der Waals surface area contributed by atoms with Crippen LogP contribution in [-0.4, -0.2) is 25.5 Å². The maximum absolute atomic E-state index is 11.3. The van der Waals surface area contributed by atoms with E-state index in [4.69, 9.17) is 9.47 Å². The van der Waals surface area contributed by atoms with Gasteiger partial charge in [0.15, 0.2) is 11.5 Å². The van der Waals surface area contributed by atoms with Crippen LogP contribution in [0.25, 0.3) is 6.08 Å². The lowest BCUT2D eigenvalue weighted by Crippen LogP contribution is -2.11. The number of hydrogen-bond donors (Lipinski definition) is 0. The maximum Gasteiger partial charge on any atom is 0.516 e. The van der Waals surface area contributed by atoms with Gasteiger partial charge >= 0.3 is 12.1 Å². The van der Waals surface area contributed by atoms with Crippen molar-refractivity contribution in [2.75, 3.05) is 13.4 Å². The molecular weight excluding hydrogens is 372 g/mol. The van der Waals surface area contributed by atoms with Crippen molar-refractivity contribution in [1.82, 2.24) is 0 Å². The third-order valence-electron chi connectivity index (χ3n) is 4.40. The van der Waals surface area contributed by atoms with Crippen LogP contribution < -0.4 is 9.47 Å². The quantitative estimate of drug-likeness (QED) is 0.190. The fourth-order valence-electron chi connectivity index (χ4n) is 2.91. The standard InChI is InChI=1S/C23H30O6/c1-2-26-23(25)29-22(24)14-12-10-8-6-4-3-5-7-9-11-13-19-15-16-20-21(17-19)28-18-27-20/h11-17H,2-10,18H2,1H3/b13-11+,14-12+. The highest BCUT2D eigenvalue weighted by Crippen LogP contribution is 2.32. The molecule has 158 valence electrons. The summed E-state index contributed by atoms with van der Waals surface area (Å²) in [7, 11) is 0. The molecule has 29 heavy (non-hydrogen) atoms. The summed E-state index contributed by atoms with van der Waals surface area (Å²) in [6.45, 7) is 2.15. The zero-order valence-electron chi connectivity index (χ0n) is 17.1. The Morgan fingerprint density at radius 3 is 2.41 bits per heavy atom. The molecule has 0 atom stereocenters. The smallest absolute Gasteiger partial charge is 0.454 e. The van der Waals surface area contributed by atoms with Crippen molar-refractivity contribution in [2.45, 2.75) is 58.3 Å². The molecule has 0 fully saturated rings. The molecule has 0 aliphatic carbocycles. The monoisotopic (exact) mass is 402 g/mol. The van der Waals surface area contributed by atoms with Crippen LogP contribution in [0.15, 0.2) is 36.4 Å². The predicted octanol–water partition coefficient (Wildman–Crippen LogP) is 5.81. The third-order valence-corrected chi connectivity index (χ3v) is 4.40. The highest BCUT2D eigenvalue weighted by molar-refractivity contribution is 5.89. The lowest BCUT2D eigenvalue weighted by Gasteiger charge is -2.00. The van der Waals surface area contributed by atoms with Gasteiger partial charge in [0, 0.05) is 6.08 Å². The number of hydrogen-bond acceptors (Lipinski definition) is 6. The molecule has 6 heteroatoms. The first-order chi connectivity index (χ1) is 14.2. The molecule has 0 bridgehead atoms. The van der Waals surface area contributed by atoms with Gasteiger partial charge in [-0.2, -0.15) is 0 Å². The molecule has 1 aromatic rings. The van der Waals surface area contributed by atoms with Gasteiger partial charge in [0.25, 0.3) is 0 Å². The zero-order valence-corrected chi connectivity index (χ0v) is 17.1. The van der Waals surface area contributed by atoms with Gasteiger partial charge in [-0.3, -0.25) is 0 Å². The van der Waals surface area contributed by atoms with Crippen molar-refractivity contribution >= 4 is 18.2 Å². The highest BCUT2D eigenvalue weighted by atomic mass is 16.7. The Labute approximate surface area is 172 Å². The minimum atomic E-state index is -0.951. The Bertz CT molecular complexity index is 707.